The highest BCUT2D eigenvalue weighted by Gasteiger charge is 2.32. The Morgan fingerprint density at radius 1 is 1.20 bits per heavy atom. The Kier molecular flexibility index (Phi) is 3.64. The standard InChI is InChI=1S/C18H12ClN3O2S/c19-15-11-21-10-14-2-1-3-17(18(14)15)25(23,24)22-7-6-13-5-4-12(9-20)8-16(13)22/h1-5,8,10-11H,6-7H2. The summed E-state index contributed by atoms with van der Waals surface area (Å²) in [5.74, 6) is 0. The van der Waals surface area contributed by atoms with E-state index in [9.17, 15) is 8.42 Å². The zero-order chi connectivity index (χ0) is 17.6. The number of halogens is 1. The SMILES string of the molecule is N#Cc1ccc2c(c1)N(S(=O)(=O)c1cccc3cncc(Cl)c13)CC2. The number of hydrogen-bond acceptors (Lipinski definition) is 4. The maximum Gasteiger partial charge on any atom is 0.265 e. The summed E-state index contributed by atoms with van der Waals surface area (Å²) in [5.41, 5.74) is 1.90. The average Bonchev–Trinajstić information content (AvgIpc) is 3.05. The molecule has 0 saturated carbocycles. The number of hydrogen-bond donors (Lipinski definition) is 0. The number of aromatic nitrogens is 1. The molecule has 25 heavy (non-hydrogen) atoms. The first-order valence-electron chi connectivity index (χ1n) is 7.60. The molecule has 2 heterocycles. The number of pyridine rings is 1. The van der Waals surface area contributed by atoms with E-state index < -0.39 is 10.0 Å². The zero-order valence-corrected chi connectivity index (χ0v) is 14.5. The third-order valence-corrected chi connectivity index (χ3v) is 6.48. The molecule has 0 fully saturated rings. The van der Waals surface area contributed by atoms with Gasteiger partial charge >= 0.3 is 0 Å². The van der Waals surface area contributed by atoms with E-state index in [-0.39, 0.29) is 4.90 Å². The molecule has 0 aliphatic carbocycles. The van der Waals surface area contributed by atoms with Crippen LogP contribution in [0.2, 0.25) is 5.02 Å². The lowest BCUT2D eigenvalue weighted by molar-refractivity contribution is 0.593. The van der Waals surface area contributed by atoms with E-state index in [0.29, 0.717) is 40.0 Å². The second kappa shape index (κ2) is 5.73. The van der Waals surface area contributed by atoms with Gasteiger partial charge in [-0.3, -0.25) is 9.29 Å². The highest BCUT2D eigenvalue weighted by molar-refractivity contribution is 7.93. The lowest BCUT2D eigenvalue weighted by atomic mass is 10.1. The minimum Gasteiger partial charge on any atom is -0.266 e. The first-order chi connectivity index (χ1) is 12.0. The number of sulfonamides is 1. The van der Waals surface area contributed by atoms with Crippen LogP contribution in [0.3, 0.4) is 0 Å². The van der Waals surface area contributed by atoms with Crippen LogP contribution in [0.5, 0.6) is 0 Å². The predicted octanol–water partition coefficient (Wildman–Crippen LogP) is 3.51. The van der Waals surface area contributed by atoms with Crippen LogP contribution >= 0.6 is 11.6 Å². The summed E-state index contributed by atoms with van der Waals surface area (Å²) in [6.45, 7) is 0.339. The van der Waals surface area contributed by atoms with Crippen molar-refractivity contribution in [3.63, 3.8) is 0 Å². The summed E-state index contributed by atoms with van der Waals surface area (Å²) in [4.78, 5) is 4.16. The maximum atomic E-state index is 13.3. The molecule has 2 aromatic carbocycles. The fourth-order valence-electron chi connectivity index (χ4n) is 3.16. The lowest BCUT2D eigenvalue weighted by Gasteiger charge is -2.21. The Morgan fingerprint density at radius 2 is 2.04 bits per heavy atom. The van der Waals surface area contributed by atoms with Gasteiger partial charge in [0.2, 0.25) is 0 Å². The number of benzene rings is 2. The molecule has 0 spiro atoms. The number of anilines is 1. The van der Waals surface area contributed by atoms with Crippen molar-refractivity contribution >= 4 is 38.1 Å². The second-order valence-corrected chi connectivity index (χ2v) is 8.00. The Morgan fingerprint density at radius 3 is 2.84 bits per heavy atom. The van der Waals surface area contributed by atoms with E-state index in [2.05, 4.69) is 11.1 Å². The van der Waals surface area contributed by atoms with Gasteiger partial charge in [0.25, 0.3) is 10.0 Å². The minimum atomic E-state index is -3.81. The number of nitrogens with zero attached hydrogens (tertiary/aromatic N) is 3. The smallest absolute Gasteiger partial charge is 0.265 e. The number of fused-ring (bicyclic) bond motifs is 2. The van der Waals surface area contributed by atoms with Gasteiger partial charge in [0.15, 0.2) is 0 Å². The molecule has 1 aromatic heterocycles. The zero-order valence-electron chi connectivity index (χ0n) is 13.0. The van der Waals surface area contributed by atoms with Crippen LogP contribution in [-0.4, -0.2) is 19.9 Å². The van der Waals surface area contributed by atoms with Crippen LogP contribution in [0.4, 0.5) is 5.69 Å². The normalized spacial score (nSPS) is 13.7. The van der Waals surface area contributed by atoms with Gasteiger partial charge in [-0.1, -0.05) is 29.8 Å². The number of rotatable bonds is 2. The first-order valence-corrected chi connectivity index (χ1v) is 9.42. The predicted molar refractivity (Wildman–Crippen MR) is 96.1 cm³/mol. The van der Waals surface area contributed by atoms with Crippen LogP contribution in [0.15, 0.2) is 53.7 Å². The van der Waals surface area contributed by atoms with Gasteiger partial charge in [-0.25, -0.2) is 8.42 Å². The van der Waals surface area contributed by atoms with E-state index >= 15 is 0 Å². The quantitative estimate of drug-likeness (QED) is 0.692. The van der Waals surface area contributed by atoms with Crippen molar-refractivity contribution in [2.75, 3.05) is 10.8 Å². The average molecular weight is 370 g/mol. The fraction of sp³-hybridized carbons (Fsp3) is 0.111. The molecule has 0 radical (unpaired) electrons. The van der Waals surface area contributed by atoms with Crippen LogP contribution in [-0.2, 0) is 16.4 Å². The van der Waals surface area contributed by atoms with E-state index in [1.807, 2.05) is 6.07 Å². The third kappa shape index (κ3) is 2.44. The van der Waals surface area contributed by atoms with Crippen molar-refractivity contribution in [3.8, 4) is 6.07 Å². The van der Waals surface area contributed by atoms with Crippen LogP contribution in [0.25, 0.3) is 10.8 Å². The van der Waals surface area contributed by atoms with Crippen molar-refractivity contribution < 1.29 is 8.42 Å². The van der Waals surface area contributed by atoms with Gasteiger partial charge in [-0.2, -0.15) is 5.26 Å². The van der Waals surface area contributed by atoms with Gasteiger partial charge < -0.3 is 0 Å². The molecule has 0 bridgehead atoms. The van der Waals surface area contributed by atoms with Crippen molar-refractivity contribution in [2.45, 2.75) is 11.3 Å². The molecule has 1 aliphatic rings. The topological polar surface area (TPSA) is 74.1 Å². The number of nitriles is 1. The molecule has 0 N–H and O–H groups in total. The largest absolute Gasteiger partial charge is 0.266 e. The summed E-state index contributed by atoms with van der Waals surface area (Å²) in [7, 11) is -3.81. The van der Waals surface area contributed by atoms with E-state index in [0.717, 1.165) is 5.56 Å². The van der Waals surface area contributed by atoms with Crippen molar-refractivity contribution in [1.29, 1.82) is 5.26 Å². The first kappa shape index (κ1) is 15.9. The summed E-state index contributed by atoms with van der Waals surface area (Å²) < 4.78 is 28.0. The maximum absolute atomic E-state index is 13.3. The Hall–Kier alpha value is -2.62. The third-order valence-electron chi connectivity index (χ3n) is 4.33. The van der Waals surface area contributed by atoms with E-state index in [4.69, 9.17) is 16.9 Å². The van der Waals surface area contributed by atoms with Crippen LogP contribution in [0, 0.1) is 11.3 Å². The summed E-state index contributed by atoms with van der Waals surface area (Å²) in [6.07, 6.45) is 3.64. The van der Waals surface area contributed by atoms with Crippen molar-refractivity contribution in [1.82, 2.24) is 4.98 Å². The second-order valence-electron chi connectivity index (χ2n) is 5.76. The molecular formula is C18H12ClN3O2S. The van der Waals surface area contributed by atoms with Gasteiger partial charge in [0, 0.05) is 29.7 Å². The molecule has 0 atom stereocenters. The molecule has 0 saturated heterocycles. The minimum absolute atomic E-state index is 0.146. The van der Waals surface area contributed by atoms with Crippen LogP contribution in [0.1, 0.15) is 11.1 Å². The van der Waals surface area contributed by atoms with Crippen molar-refractivity contribution in [3.05, 3.63) is 64.9 Å². The highest BCUT2D eigenvalue weighted by Crippen LogP contribution is 2.37. The molecule has 124 valence electrons. The van der Waals surface area contributed by atoms with Gasteiger partial charge in [0.05, 0.1) is 27.2 Å². The molecule has 0 unspecified atom stereocenters. The Labute approximate surface area is 150 Å². The molecular weight excluding hydrogens is 358 g/mol. The summed E-state index contributed by atoms with van der Waals surface area (Å²) >= 11 is 6.23. The summed E-state index contributed by atoms with van der Waals surface area (Å²) in [5, 5.41) is 10.5. The monoisotopic (exact) mass is 369 g/mol. The van der Waals surface area contributed by atoms with Crippen LogP contribution < -0.4 is 4.31 Å². The molecule has 5 nitrogen and oxygen atoms in total. The van der Waals surface area contributed by atoms with Crippen molar-refractivity contribution in [2.24, 2.45) is 0 Å². The fourth-order valence-corrected chi connectivity index (χ4v) is 5.22. The molecule has 4 rings (SSSR count). The van der Waals surface area contributed by atoms with E-state index in [1.54, 1.807) is 36.5 Å². The lowest BCUT2D eigenvalue weighted by Crippen LogP contribution is -2.29. The Balaban J connectivity index is 1.93. The van der Waals surface area contributed by atoms with Gasteiger partial charge in [0.1, 0.15) is 0 Å². The molecule has 1 aliphatic heterocycles. The Bertz CT molecular complexity index is 1150. The highest BCUT2D eigenvalue weighted by atomic mass is 35.5. The molecule has 0 amide bonds. The van der Waals surface area contributed by atoms with Gasteiger partial charge in [-0.05, 0) is 30.2 Å². The van der Waals surface area contributed by atoms with E-state index in [1.165, 1.54) is 10.5 Å². The molecule has 7 heteroatoms. The summed E-state index contributed by atoms with van der Waals surface area (Å²) in [6, 6.07) is 12.2. The van der Waals surface area contributed by atoms with Gasteiger partial charge in [-0.15, -0.1) is 0 Å². The molecule has 3 aromatic rings.